The van der Waals surface area contributed by atoms with E-state index in [1.54, 1.807) is 7.11 Å². The van der Waals surface area contributed by atoms with Gasteiger partial charge in [0.25, 0.3) is 0 Å². The minimum absolute atomic E-state index is 0.0378. The van der Waals surface area contributed by atoms with E-state index in [2.05, 4.69) is 31.2 Å². The first-order valence-corrected chi connectivity index (χ1v) is 9.18. The molecule has 2 unspecified atom stereocenters. The summed E-state index contributed by atoms with van der Waals surface area (Å²) < 4.78 is 11.3. The summed E-state index contributed by atoms with van der Waals surface area (Å²) in [5, 5.41) is 0. The Kier molecular flexibility index (Phi) is 5.94. The predicted molar refractivity (Wildman–Crippen MR) is 102 cm³/mol. The van der Waals surface area contributed by atoms with Gasteiger partial charge in [-0.15, -0.1) is 0 Å². The summed E-state index contributed by atoms with van der Waals surface area (Å²) in [7, 11) is 1.66. The van der Waals surface area contributed by atoms with Crippen LogP contribution in [0.15, 0.2) is 48.5 Å². The maximum atomic E-state index is 12.7. The molecule has 0 bridgehead atoms. The number of carbonyl (C=O) groups is 1. The third-order valence-corrected chi connectivity index (χ3v) is 4.82. The van der Waals surface area contributed by atoms with Crippen molar-refractivity contribution in [1.82, 2.24) is 4.90 Å². The Bertz CT molecular complexity index is 741. The van der Waals surface area contributed by atoms with Gasteiger partial charge in [0.05, 0.1) is 19.8 Å². The molecular formula is C22H27NO3. The molecule has 1 heterocycles. The molecule has 0 aliphatic carbocycles. The lowest BCUT2D eigenvalue weighted by Gasteiger charge is -2.37. The summed E-state index contributed by atoms with van der Waals surface area (Å²) in [6, 6.07) is 16.3. The van der Waals surface area contributed by atoms with Crippen LogP contribution < -0.4 is 4.74 Å². The maximum absolute atomic E-state index is 12.7. The van der Waals surface area contributed by atoms with Crippen LogP contribution in [0.4, 0.5) is 0 Å². The molecule has 0 N–H and O–H groups in total. The Morgan fingerprint density at radius 2 is 1.96 bits per heavy atom. The second kappa shape index (κ2) is 8.37. The number of benzene rings is 2. The summed E-state index contributed by atoms with van der Waals surface area (Å²) in [5.74, 6) is 1.01. The minimum Gasteiger partial charge on any atom is -0.497 e. The van der Waals surface area contributed by atoms with E-state index in [1.807, 2.05) is 36.1 Å². The second-order valence-corrected chi connectivity index (χ2v) is 7.00. The molecule has 0 spiro atoms. The molecule has 0 radical (unpaired) electrons. The van der Waals surface area contributed by atoms with Crippen molar-refractivity contribution in [1.29, 1.82) is 0 Å². The molecule has 2 aromatic rings. The van der Waals surface area contributed by atoms with Crippen LogP contribution in [0.5, 0.6) is 5.75 Å². The molecule has 2 aromatic carbocycles. The van der Waals surface area contributed by atoms with Crippen molar-refractivity contribution in [2.45, 2.75) is 38.9 Å². The van der Waals surface area contributed by atoms with Crippen LogP contribution in [0.2, 0.25) is 0 Å². The lowest BCUT2D eigenvalue weighted by Crippen LogP contribution is -2.46. The highest BCUT2D eigenvalue weighted by Crippen LogP contribution is 2.26. The van der Waals surface area contributed by atoms with E-state index < -0.39 is 0 Å². The number of hydrogen-bond donors (Lipinski definition) is 0. The van der Waals surface area contributed by atoms with Crippen molar-refractivity contribution in [3.05, 3.63) is 65.2 Å². The number of methoxy groups -OCH3 is 1. The van der Waals surface area contributed by atoms with Crippen molar-refractivity contribution >= 4 is 5.91 Å². The van der Waals surface area contributed by atoms with Gasteiger partial charge in [-0.2, -0.15) is 0 Å². The molecule has 0 saturated carbocycles. The molecule has 138 valence electrons. The van der Waals surface area contributed by atoms with Crippen LogP contribution in [0, 0.1) is 6.92 Å². The normalized spacial score (nSPS) is 20.0. The number of rotatable bonds is 5. The fraction of sp³-hybridized carbons (Fsp3) is 0.409. The summed E-state index contributed by atoms with van der Waals surface area (Å²) in [5.41, 5.74) is 3.48. The molecule has 4 nitrogen and oxygen atoms in total. The van der Waals surface area contributed by atoms with Gasteiger partial charge in [-0.25, -0.2) is 0 Å². The number of hydrogen-bond acceptors (Lipinski definition) is 3. The number of aryl methyl sites for hydroxylation is 2. The van der Waals surface area contributed by atoms with Crippen LogP contribution in [0.25, 0.3) is 0 Å². The van der Waals surface area contributed by atoms with Gasteiger partial charge in [0, 0.05) is 13.0 Å². The Morgan fingerprint density at radius 1 is 1.19 bits per heavy atom. The van der Waals surface area contributed by atoms with E-state index in [9.17, 15) is 4.79 Å². The molecule has 3 rings (SSSR count). The highest BCUT2D eigenvalue weighted by Gasteiger charge is 2.29. The number of nitrogens with zero attached hydrogens (tertiary/aromatic N) is 1. The SMILES string of the molecule is COc1cccc(CCC(=O)N2CC(C)OC(c3ccc(C)cc3)C2)c1. The van der Waals surface area contributed by atoms with Gasteiger partial charge in [0.15, 0.2) is 0 Å². The van der Waals surface area contributed by atoms with Crippen LogP contribution >= 0.6 is 0 Å². The summed E-state index contributed by atoms with van der Waals surface area (Å²) >= 11 is 0. The topological polar surface area (TPSA) is 38.8 Å². The van der Waals surface area contributed by atoms with Gasteiger partial charge < -0.3 is 14.4 Å². The van der Waals surface area contributed by atoms with Crippen molar-refractivity contribution < 1.29 is 14.3 Å². The van der Waals surface area contributed by atoms with Crippen molar-refractivity contribution in [2.75, 3.05) is 20.2 Å². The Morgan fingerprint density at radius 3 is 2.69 bits per heavy atom. The molecule has 2 atom stereocenters. The van der Waals surface area contributed by atoms with E-state index in [-0.39, 0.29) is 18.1 Å². The zero-order valence-electron chi connectivity index (χ0n) is 15.8. The second-order valence-electron chi connectivity index (χ2n) is 7.00. The maximum Gasteiger partial charge on any atom is 0.223 e. The molecule has 4 heteroatoms. The first-order chi connectivity index (χ1) is 12.5. The average Bonchev–Trinajstić information content (AvgIpc) is 2.66. The Hall–Kier alpha value is -2.33. The quantitative estimate of drug-likeness (QED) is 0.818. The first kappa shape index (κ1) is 18.5. The van der Waals surface area contributed by atoms with Crippen LogP contribution in [-0.4, -0.2) is 37.1 Å². The summed E-state index contributed by atoms with van der Waals surface area (Å²) in [4.78, 5) is 14.7. The van der Waals surface area contributed by atoms with Gasteiger partial charge in [-0.05, 0) is 43.5 Å². The van der Waals surface area contributed by atoms with Gasteiger partial charge in [-0.1, -0.05) is 42.0 Å². The zero-order chi connectivity index (χ0) is 18.5. The predicted octanol–water partition coefficient (Wildman–Crippen LogP) is 3.92. The Labute approximate surface area is 155 Å². The number of amides is 1. The average molecular weight is 353 g/mol. The molecule has 1 fully saturated rings. The van der Waals surface area contributed by atoms with Crippen LogP contribution in [0.1, 0.15) is 36.1 Å². The largest absolute Gasteiger partial charge is 0.497 e. The van der Waals surface area contributed by atoms with Crippen LogP contribution in [0.3, 0.4) is 0 Å². The fourth-order valence-electron chi connectivity index (χ4n) is 3.36. The highest BCUT2D eigenvalue weighted by molar-refractivity contribution is 5.76. The standard InChI is InChI=1S/C22H27NO3/c1-16-7-10-19(11-8-16)21-15-23(14-17(2)26-21)22(24)12-9-18-5-4-6-20(13-18)25-3/h4-8,10-11,13,17,21H,9,12,14-15H2,1-3H3. The van der Waals surface area contributed by atoms with Crippen molar-refractivity contribution in [3.8, 4) is 5.75 Å². The summed E-state index contributed by atoms with van der Waals surface area (Å²) in [6.45, 7) is 5.37. The highest BCUT2D eigenvalue weighted by atomic mass is 16.5. The molecule has 1 aliphatic heterocycles. The lowest BCUT2D eigenvalue weighted by atomic mass is 10.0. The van der Waals surface area contributed by atoms with E-state index >= 15 is 0 Å². The van der Waals surface area contributed by atoms with Crippen LogP contribution in [-0.2, 0) is 16.0 Å². The molecule has 26 heavy (non-hydrogen) atoms. The van der Waals surface area contributed by atoms with Gasteiger partial charge >= 0.3 is 0 Å². The molecule has 1 amide bonds. The third kappa shape index (κ3) is 4.64. The van der Waals surface area contributed by atoms with Crippen molar-refractivity contribution in [3.63, 3.8) is 0 Å². The fourth-order valence-corrected chi connectivity index (χ4v) is 3.36. The third-order valence-electron chi connectivity index (χ3n) is 4.82. The molecule has 1 aliphatic rings. The summed E-state index contributed by atoms with van der Waals surface area (Å²) in [6.07, 6.45) is 1.20. The van der Waals surface area contributed by atoms with E-state index in [0.717, 1.165) is 23.3 Å². The van der Waals surface area contributed by atoms with E-state index in [0.29, 0.717) is 19.5 Å². The zero-order valence-corrected chi connectivity index (χ0v) is 15.8. The molecular weight excluding hydrogens is 326 g/mol. The number of carbonyl (C=O) groups excluding carboxylic acids is 1. The van der Waals surface area contributed by atoms with Gasteiger partial charge in [-0.3, -0.25) is 4.79 Å². The first-order valence-electron chi connectivity index (χ1n) is 9.18. The number of morpholine rings is 1. The molecule has 1 saturated heterocycles. The van der Waals surface area contributed by atoms with Gasteiger partial charge in [0.2, 0.25) is 5.91 Å². The molecule has 0 aromatic heterocycles. The lowest BCUT2D eigenvalue weighted by molar-refractivity contribution is -0.144. The van der Waals surface area contributed by atoms with E-state index in [4.69, 9.17) is 9.47 Å². The smallest absolute Gasteiger partial charge is 0.223 e. The number of ether oxygens (including phenoxy) is 2. The minimum atomic E-state index is -0.0554. The van der Waals surface area contributed by atoms with E-state index in [1.165, 1.54) is 5.56 Å². The van der Waals surface area contributed by atoms with Gasteiger partial charge in [0.1, 0.15) is 11.9 Å². The van der Waals surface area contributed by atoms with Crippen molar-refractivity contribution in [2.24, 2.45) is 0 Å². The monoisotopic (exact) mass is 353 g/mol. The Balaban J connectivity index is 1.61.